The third-order valence-electron chi connectivity index (χ3n) is 2.28. The molecule has 2 aromatic rings. The number of phenols is 3. The Hall–Kier alpha value is -2.23. The number of aromatic hydroxyl groups is 3. The average molecular weight is 203 g/mol. The van der Waals surface area contributed by atoms with E-state index >= 15 is 0 Å². The van der Waals surface area contributed by atoms with Crippen LogP contribution in [0.4, 0.5) is 0 Å². The first-order chi connectivity index (χ1) is 7.15. The van der Waals surface area contributed by atoms with Crippen LogP contribution in [0.3, 0.4) is 0 Å². The minimum absolute atomic E-state index is 0.0266. The van der Waals surface area contributed by atoms with Crippen LogP contribution in [-0.4, -0.2) is 21.5 Å². The monoisotopic (exact) mass is 203 g/mol. The van der Waals surface area contributed by atoms with Crippen molar-refractivity contribution < 1.29 is 15.3 Å². The summed E-state index contributed by atoms with van der Waals surface area (Å²) >= 11 is 0. The molecular formula is C11H9NO3. The fraction of sp³-hybridized carbons (Fsp3) is 0. The van der Waals surface area contributed by atoms with Gasteiger partial charge in [0.1, 0.15) is 5.75 Å². The standard InChI is InChI=1S/C11H9NO3/c12-5-7-10-6(2-1-3-8(10)13)4-9(14)11(7)15/h1-5,12-15H. The van der Waals surface area contributed by atoms with Crippen molar-refractivity contribution in [2.75, 3.05) is 0 Å². The molecule has 0 saturated heterocycles. The second-order valence-corrected chi connectivity index (χ2v) is 3.18. The molecule has 0 bridgehead atoms. The highest BCUT2D eigenvalue weighted by Crippen LogP contribution is 2.38. The zero-order valence-electron chi connectivity index (χ0n) is 7.73. The van der Waals surface area contributed by atoms with Crippen LogP contribution in [0.15, 0.2) is 24.3 Å². The molecule has 0 radical (unpaired) electrons. The number of hydrogen-bond acceptors (Lipinski definition) is 4. The zero-order valence-corrected chi connectivity index (χ0v) is 7.73. The molecule has 4 N–H and O–H groups in total. The van der Waals surface area contributed by atoms with E-state index in [1.165, 1.54) is 12.1 Å². The van der Waals surface area contributed by atoms with E-state index < -0.39 is 0 Å². The van der Waals surface area contributed by atoms with Crippen LogP contribution in [0.2, 0.25) is 0 Å². The molecule has 2 aromatic carbocycles. The van der Waals surface area contributed by atoms with Gasteiger partial charge in [0.05, 0.1) is 0 Å². The Morgan fingerprint density at radius 3 is 2.47 bits per heavy atom. The third-order valence-corrected chi connectivity index (χ3v) is 2.28. The van der Waals surface area contributed by atoms with Gasteiger partial charge in [-0.25, -0.2) is 0 Å². The molecule has 0 aliphatic rings. The van der Waals surface area contributed by atoms with Crippen LogP contribution < -0.4 is 0 Å². The van der Waals surface area contributed by atoms with Gasteiger partial charge >= 0.3 is 0 Å². The Morgan fingerprint density at radius 2 is 1.80 bits per heavy atom. The summed E-state index contributed by atoms with van der Waals surface area (Å²) in [5.41, 5.74) is 0.114. The van der Waals surface area contributed by atoms with Crippen LogP contribution in [0.25, 0.3) is 10.8 Å². The van der Waals surface area contributed by atoms with E-state index in [1.54, 1.807) is 12.1 Å². The SMILES string of the molecule is N=Cc1c(O)c(O)cc2cccc(O)c12. The van der Waals surface area contributed by atoms with Crippen LogP contribution in [0.5, 0.6) is 17.2 Å². The number of fused-ring (bicyclic) bond motifs is 1. The summed E-state index contributed by atoms with van der Waals surface area (Å²) < 4.78 is 0. The second-order valence-electron chi connectivity index (χ2n) is 3.18. The Balaban J connectivity index is 3.02. The molecular weight excluding hydrogens is 194 g/mol. The van der Waals surface area contributed by atoms with Crippen LogP contribution in [-0.2, 0) is 0 Å². The number of rotatable bonds is 1. The van der Waals surface area contributed by atoms with Crippen molar-refractivity contribution in [3.8, 4) is 17.2 Å². The van der Waals surface area contributed by atoms with Gasteiger partial charge in [0.15, 0.2) is 11.5 Å². The van der Waals surface area contributed by atoms with Gasteiger partial charge in [-0.05, 0) is 17.5 Å². The highest BCUT2D eigenvalue weighted by molar-refractivity contribution is 6.05. The lowest BCUT2D eigenvalue weighted by Crippen LogP contribution is -1.86. The summed E-state index contributed by atoms with van der Waals surface area (Å²) in [5.74, 6) is -0.716. The summed E-state index contributed by atoms with van der Waals surface area (Å²) in [6.07, 6.45) is 0.900. The van der Waals surface area contributed by atoms with Gasteiger partial charge in [0, 0.05) is 17.2 Å². The maximum atomic E-state index is 9.60. The summed E-state index contributed by atoms with van der Waals surface area (Å²) in [5, 5.41) is 36.6. The summed E-state index contributed by atoms with van der Waals surface area (Å²) in [6, 6.07) is 6.12. The predicted molar refractivity (Wildman–Crippen MR) is 56.8 cm³/mol. The van der Waals surface area contributed by atoms with Crippen LogP contribution in [0.1, 0.15) is 5.56 Å². The van der Waals surface area contributed by atoms with Crippen LogP contribution in [0, 0.1) is 5.41 Å². The summed E-state index contributed by atoms with van der Waals surface area (Å²) in [4.78, 5) is 0. The Kier molecular flexibility index (Phi) is 1.97. The van der Waals surface area contributed by atoms with Gasteiger partial charge in [0.2, 0.25) is 0 Å². The molecule has 2 rings (SSSR count). The quantitative estimate of drug-likeness (QED) is 0.422. The fourth-order valence-electron chi connectivity index (χ4n) is 1.58. The van der Waals surface area contributed by atoms with Crippen molar-refractivity contribution in [1.82, 2.24) is 0 Å². The molecule has 4 heteroatoms. The zero-order chi connectivity index (χ0) is 11.0. The van der Waals surface area contributed by atoms with E-state index in [4.69, 9.17) is 5.41 Å². The highest BCUT2D eigenvalue weighted by Gasteiger charge is 2.12. The van der Waals surface area contributed by atoms with Crippen LogP contribution >= 0.6 is 0 Å². The largest absolute Gasteiger partial charge is 0.507 e. The van der Waals surface area contributed by atoms with Gasteiger partial charge in [-0.2, -0.15) is 0 Å². The molecule has 0 aliphatic heterocycles. The normalized spacial score (nSPS) is 10.4. The lowest BCUT2D eigenvalue weighted by atomic mass is 10.0. The maximum Gasteiger partial charge on any atom is 0.167 e. The van der Waals surface area contributed by atoms with Gasteiger partial charge in [-0.15, -0.1) is 0 Å². The van der Waals surface area contributed by atoms with E-state index in [1.807, 2.05) is 0 Å². The maximum absolute atomic E-state index is 9.60. The Labute approximate surface area is 85.5 Å². The van der Waals surface area contributed by atoms with Crippen molar-refractivity contribution in [1.29, 1.82) is 5.41 Å². The minimum Gasteiger partial charge on any atom is -0.507 e. The van der Waals surface area contributed by atoms with Crippen molar-refractivity contribution in [3.63, 3.8) is 0 Å². The molecule has 0 aromatic heterocycles. The average Bonchev–Trinajstić information content (AvgIpc) is 2.21. The molecule has 0 spiro atoms. The number of benzene rings is 2. The minimum atomic E-state index is -0.390. The fourth-order valence-corrected chi connectivity index (χ4v) is 1.58. The lowest BCUT2D eigenvalue weighted by Gasteiger charge is -2.08. The molecule has 0 atom stereocenters. The highest BCUT2D eigenvalue weighted by atomic mass is 16.3. The smallest absolute Gasteiger partial charge is 0.167 e. The number of phenolic OH excluding ortho intramolecular Hbond substituents is 3. The van der Waals surface area contributed by atoms with E-state index in [2.05, 4.69) is 0 Å². The third kappa shape index (κ3) is 1.27. The van der Waals surface area contributed by atoms with Gasteiger partial charge in [-0.3, -0.25) is 0 Å². The Morgan fingerprint density at radius 1 is 1.07 bits per heavy atom. The molecule has 0 aliphatic carbocycles. The first-order valence-corrected chi connectivity index (χ1v) is 4.32. The van der Waals surface area contributed by atoms with Crippen molar-refractivity contribution >= 4 is 17.0 Å². The molecule has 0 saturated carbocycles. The molecule has 4 nitrogen and oxygen atoms in total. The topological polar surface area (TPSA) is 84.5 Å². The molecule has 0 amide bonds. The molecule has 0 unspecified atom stereocenters. The van der Waals surface area contributed by atoms with Crippen molar-refractivity contribution in [2.45, 2.75) is 0 Å². The lowest BCUT2D eigenvalue weighted by molar-refractivity contribution is 0.404. The van der Waals surface area contributed by atoms with E-state index in [0.29, 0.717) is 10.8 Å². The number of nitrogens with one attached hydrogen (secondary N) is 1. The number of hydrogen-bond donors (Lipinski definition) is 4. The second kappa shape index (κ2) is 3.16. The van der Waals surface area contributed by atoms with Gasteiger partial charge in [-0.1, -0.05) is 12.1 Å². The van der Waals surface area contributed by atoms with E-state index in [0.717, 1.165) is 6.21 Å². The molecule has 15 heavy (non-hydrogen) atoms. The van der Waals surface area contributed by atoms with Gasteiger partial charge < -0.3 is 20.7 Å². The summed E-state index contributed by atoms with van der Waals surface area (Å²) in [6.45, 7) is 0. The molecule has 0 heterocycles. The van der Waals surface area contributed by atoms with E-state index in [-0.39, 0.29) is 22.8 Å². The Bertz CT molecular complexity index is 549. The van der Waals surface area contributed by atoms with Crippen molar-refractivity contribution in [2.24, 2.45) is 0 Å². The van der Waals surface area contributed by atoms with Crippen molar-refractivity contribution in [3.05, 3.63) is 29.8 Å². The first kappa shape index (κ1) is 9.33. The van der Waals surface area contributed by atoms with E-state index in [9.17, 15) is 15.3 Å². The summed E-state index contributed by atoms with van der Waals surface area (Å²) in [7, 11) is 0. The predicted octanol–water partition coefficient (Wildman–Crippen LogP) is 1.95. The van der Waals surface area contributed by atoms with Gasteiger partial charge in [0.25, 0.3) is 0 Å². The molecule has 0 fully saturated rings. The molecule has 76 valence electrons. The first-order valence-electron chi connectivity index (χ1n) is 4.32.